The van der Waals surface area contributed by atoms with Crippen molar-refractivity contribution in [2.24, 2.45) is 0 Å². The van der Waals surface area contributed by atoms with E-state index in [1.807, 2.05) is 18.2 Å². The van der Waals surface area contributed by atoms with Crippen molar-refractivity contribution in [3.8, 4) is 0 Å². The van der Waals surface area contributed by atoms with Gasteiger partial charge in [0.1, 0.15) is 5.82 Å². The quantitative estimate of drug-likeness (QED) is 0.852. The summed E-state index contributed by atoms with van der Waals surface area (Å²) in [5.41, 5.74) is 2.67. The summed E-state index contributed by atoms with van der Waals surface area (Å²) in [4.78, 5) is 16.5. The maximum Gasteiger partial charge on any atom is 0.253 e. The summed E-state index contributed by atoms with van der Waals surface area (Å²) in [6.45, 7) is 3.64. The molecule has 0 radical (unpaired) electrons. The van der Waals surface area contributed by atoms with E-state index in [0.29, 0.717) is 6.54 Å². The molecule has 0 unspecified atom stereocenters. The first-order chi connectivity index (χ1) is 8.31. The van der Waals surface area contributed by atoms with Crippen LogP contribution in [-0.2, 0) is 13.0 Å². The third-order valence-electron chi connectivity index (χ3n) is 3.18. The van der Waals surface area contributed by atoms with E-state index < -0.39 is 0 Å². The number of aromatic nitrogens is 2. The van der Waals surface area contributed by atoms with Crippen LogP contribution >= 0.6 is 0 Å². The standard InChI is InChI=1S/C13H15N3O/c1-2-4-11-15-10-6-3-5-9-12(10)16(11)8-7-14-13(9)17/h3,5-6H,2,4,7-8H2,1H3,(H,14,17). The first kappa shape index (κ1) is 10.3. The van der Waals surface area contributed by atoms with Crippen molar-refractivity contribution in [2.45, 2.75) is 26.3 Å². The molecule has 0 saturated heterocycles. The van der Waals surface area contributed by atoms with Crippen LogP contribution in [0.1, 0.15) is 29.5 Å². The molecule has 0 aliphatic carbocycles. The summed E-state index contributed by atoms with van der Waals surface area (Å²) in [7, 11) is 0. The number of imidazole rings is 1. The van der Waals surface area contributed by atoms with Crippen molar-refractivity contribution in [3.63, 3.8) is 0 Å². The molecule has 1 aliphatic rings. The fourth-order valence-corrected chi connectivity index (χ4v) is 2.45. The normalized spacial score (nSPS) is 14.8. The molecule has 17 heavy (non-hydrogen) atoms. The molecule has 0 atom stereocenters. The number of nitrogens with zero attached hydrogens (tertiary/aromatic N) is 2. The molecule has 0 bridgehead atoms. The maximum absolute atomic E-state index is 11.9. The number of para-hydroxylation sites is 1. The number of carbonyl (C=O) groups is 1. The lowest BCUT2D eigenvalue weighted by atomic mass is 10.2. The van der Waals surface area contributed by atoms with E-state index in [2.05, 4.69) is 21.8 Å². The fraction of sp³-hybridized carbons (Fsp3) is 0.385. The molecule has 1 aromatic heterocycles. The molecule has 1 N–H and O–H groups in total. The monoisotopic (exact) mass is 229 g/mol. The van der Waals surface area contributed by atoms with Gasteiger partial charge in [-0.15, -0.1) is 0 Å². The molecule has 3 rings (SSSR count). The second-order valence-corrected chi connectivity index (χ2v) is 4.36. The van der Waals surface area contributed by atoms with Crippen LogP contribution in [0.5, 0.6) is 0 Å². The van der Waals surface area contributed by atoms with Crippen LogP contribution in [0.15, 0.2) is 18.2 Å². The second kappa shape index (κ2) is 3.87. The largest absolute Gasteiger partial charge is 0.350 e. The van der Waals surface area contributed by atoms with Crippen LogP contribution < -0.4 is 5.32 Å². The zero-order valence-electron chi connectivity index (χ0n) is 9.86. The van der Waals surface area contributed by atoms with E-state index in [1.165, 1.54) is 0 Å². The zero-order valence-corrected chi connectivity index (χ0v) is 9.86. The molecule has 1 aromatic carbocycles. The van der Waals surface area contributed by atoms with Gasteiger partial charge in [-0.3, -0.25) is 4.79 Å². The molecule has 4 heteroatoms. The van der Waals surface area contributed by atoms with Crippen molar-refractivity contribution in [2.75, 3.05) is 6.54 Å². The predicted octanol–water partition coefficient (Wildman–Crippen LogP) is 1.73. The molecule has 1 amide bonds. The van der Waals surface area contributed by atoms with E-state index in [0.717, 1.165) is 41.8 Å². The van der Waals surface area contributed by atoms with E-state index in [-0.39, 0.29) is 5.91 Å². The van der Waals surface area contributed by atoms with Gasteiger partial charge in [0.2, 0.25) is 0 Å². The Kier molecular flexibility index (Phi) is 2.35. The van der Waals surface area contributed by atoms with E-state index in [4.69, 9.17) is 0 Å². The lowest BCUT2D eigenvalue weighted by Gasteiger charge is -2.05. The minimum atomic E-state index is 0.0114. The van der Waals surface area contributed by atoms with Crippen molar-refractivity contribution >= 4 is 16.9 Å². The molecule has 0 spiro atoms. The van der Waals surface area contributed by atoms with Crippen LogP contribution in [0.25, 0.3) is 11.0 Å². The summed E-state index contributed by atoms with van der Waals surface area (Å²) in [6, 6.07) is 5.75. The third-order valence-corrected chi connectivity index (χ3v) is 3.18. The lowest BCUT2D eigenvalue weighted by molar-refractivity contribution is 0.0956. The Morgan fingerprint density at radius 2 is 2.35 bits per heavy atom. The van der Waals surface area contributed by atoms with Crippen molar-refractivity contribution in [1.29, 1.82) is 0 Å². The Bertz CT molecular complexity index is 586. The number of rotatable bonds is 2. The van der Waals surface area contributed by atoms with Crippen LogP contribution in [0.4, 0.5) is 0 Å². The van der Waals surface area contributed by atoms with Gasteiger partial charge in [-0.1, -0.05) is 13.0 Å². The first-order valence-corrected chi connectivity index (χ1v) is 6.07. The van der Waals surface area contributed by atoms with Gasteiger partial charge in [0.15, 0.2) is 0 Å². The molecule has 1 aliphatic heterocycles. The Morgan fingerprint density at radius 3 is 3.18 bits per heavy atom. The highest BCUT2D eigenvalue weighted by molar-refractivity contribution is 6.05. The van der Waals surface area contributed by atoms with Gasteiger partial charge >= 0.3 is 0 Å². The molecule has 0 saturated carbocycles. The first-order valence-electron chi connectivity index (χ1n) is 6.07. The highest BCUT2D eigenvalue weighted by Gasteiger charge is 2.20. The number of amides is 1. The lowest BCUT2D eigenvalue weighted by Crippen LogP contribution is -2.24. The average molecular weight is 229 g/mol. The number of benzene rings is 1. The maximum atomic E-state index is 11.9. The molecular weight excluding hydrogens is 214 g/mol. The van der Waals surface area contributed by atoms with Crippen LogP contribution in [0, 0.1) is 0 Å². The van der Waals surface area contributed by atoms with Crippen LogP contribution in [0.3, 0.4) is 0 Å². The number of nitrogens with one attached hydrogen (secondary N) is 1. The highest BCUT2D eigenvalue weighted by atomic mass is 16.1. The Labute approximate surface area is 99.6 Å². The average Bonchev–Trinajstić information content (AvgIpc) is 2.57. The minimum Gasteiger partial charge on any atom is -0.350 e. The second-order valence-electron chi connectivity index (χ2n) is 4.36. The summed E-state index contributed by atoms with van der Waals surface area (Å²) in [5.74, 6) is 1.10. The fourth-order valence-electron chi connectivity index (χ4n) is 2.45. The SMILES string of the molecule is CCCc1nc2cccc3c2n1CCNC3=O. The van der Waals surface area contributed by atoms with Gasteiger partial charge in [0, 0.05) is 19.5 Å². The van der Waals surface area contributed by atoms with E-state index in [9.17, 15) is 4.79 Å². The topological polar surface area (TPSA) is 46.9 Å². The van der Waals surface area contributed by atoms with Gasteiger partial charge in [-0.25, -0.2) is 4.98 Å². The summed E-state index contributed by atoms with van der Waals surface area (Å²) >= 11 is 0. The molecule has 2 aromatic rings. The summed E-state index contributed by atoms with van der Waals surface area (Å²) < 4.78 is 2.19. The smallest absolute Gasteiger partial charge is 0.253 e. The zero-order chi connectivity index (χ0) is 11.8. The molecule has 88 valence electrons. The number of aryl methyl sites for hydroxylation is 1. The van der Waals surface area contributed by atoms with Gasteiger partial charge < -0.3 is 9.88 Å². The van der Waals surface area contributed by atoms with Gasteiger partial charge in [0.25, 0.3) is 5.91 Å². The third kappa shape index (κ3) is 1.52. The van der Waals surface area contributed by atoms with Crippen LogP contribution in [-0.4, -0.2) is 22.0 Å². The van der Waals surface area contributed by atoms with E-state index in [1.54, 1.807) is 0 Å². The van der Waals surface area contributed by atoms with Crippen LogP contribution in [0.2, 0.25) is 0 Å². The Hall–Kier alpha value is -1.84. The summed E-state index contributed by atoms with van der Waals surface area (Å²) in [5, 5.41) is 2.92. The minimum absolute atomic E-state index is 0.0114. The van der Waals surface area contributed by atoms with Gasteiger partial charge in [0.05, 0.1) is 16.6 Å². The van der Waals surface area contributed by atoms with Crippen molar-refractivity contribution in [3.05, 3.63) is 29.6 Å². The van der Waals surface area contributed by atoms with Gasteiger partial charge in [-0.05, 0) is 18.6 Å². The van der Waals surface area contributed by atoms with E-state index >= 15 is 0 Å². The predicted molar refractivity (Wildman–Crippen MR) is 66.1 cm³/mol. The molecule has 2 heterocycles. The Balaban J connectivity index is 2.31. The number of hydrogen-bond donors (Lipinski definition) is 1. The van der Waals surface area contributed by atoms with Crippen molar-refractivity contribution < 1.29 is 4.79 Å². The van der Waals surface area contributed by atoms with Gasteiger partial charge in [-0.2, -0.15) is 0 Å². The number of hydrogen-bond acceptors (Lipinski definition) is 2. The van der Waals surface area contributed by atoms with Crippen molar-refractivity contribution in [1.82, 2.24) is 14.9 Å². The highest BCUT2D eigenvalue weighted by Crippen LogP contribution is 2.22. The molecular formula is C13H15N3O. The number of carbonyl (C=O) groups excluding carboxylic acids is 1. The Morgan fingerprint density at radius 1 is 1.47 bits per heavy atom. The summed E-state index contributed by atoms with van der Waals surface area (Å²) in [6.07, 6.45) is 2.03. The molecule has 0 fully saturated rings. The molecule has 4 nitrogen and oxygen atoms in total.